The molecule has 0 spiro atoms. The van der Waals surface area contributed by atoms with Crippen LogP contribution >= 0.6 is 0 Å². The van der Waals surface area contributed by atoms with Crippen molar-refractivity contribution >= 4 is 17.5 Å². The van der Waals surface area contributed by atoms with Crippen molar-refractivity contribution in [3.05, 3.63) is 24.0 Å². The van der Waals surface area contributed by atoms with Crippen LogP contribution in [0.1, 0.15) is 26.2 Å². The Balaban J connectivity index is 1.94. The molecular formula is C15H16FNO3. The minimum absolute atomic E-state index is 0.0553. The number of phenolic OH excluding ortho intramolecular Hbond substituents is 1. The highest BCUT2D eigenvalue weighted by atomic mass is 19.1. The highest BCUT2D eigenvalue weighted by Gasteiger charge is 2.53. The number of phenols is 1. The number of amides is 2. The summed E-state index contributed by atoms with van der Waals surface area (Å²) >= 11 is 0. The number of carbonyl (C=O) groups is 2. The quantitative estimate of drug-likeness (QED) is 0.845. The van der Waals surface area contributed by atoms with E-state index in [0.29, 0.717) is 18.8 Å². The van der Waals surface area contributed by atoms with Crippen molar-refractivity contribution in [3.63, 3.8) is 0 Å². The summed E-state index contributed by atoms with van der Waals surface area (Å²) in [5.41, 5.74) is -0.0553. The molecule has 3 rings (SSSR count). The Labute approximate surface area is 116 Å². The number of anilines is 1. The van der Waals surface area contributed by atoms with Crippen LogP contribution in [0.5, 0.6) is 5.75 Å². The molecule has 0 bridgehead atoms. The third-order valence-corrected chi connectivity index (χ3v) is 4.48. The van der Waals surface area contributed by atoms with Crippen molar-refractivity contribution in [2.45, 2.75) is 26.2 Å². The second-order valence-electron chi connectivity index (χ2n) is 5.61. The Kier molecular flexibility index (Phi) is 3.00. The topological polar surface area (TPSA) is 57.6 Å². The lowest BCUT2D eigenvalue weighted by molar-refractivity contribution is -0.123. The van der Waals surface area contributed by atoms with Crippen molar-refractivity contribution < 1.29 is 19.1 Å². The average molecular weight is 277 g/mol. The predicted octanol–water partition coefficient (Wildman–Crippen LogP) is 2.46. The van der Waals surface area contributed by atoms with E-state index in [1.54, 1.807) is 0 Å². The Hall–Kier alpha value is -1.91. The lowest BCUT2D eigenvalue weighted by atomic mass is 10.00. The standard InChI is InChI=1S/C15H16FNO3/c1-2-8-5-10-11(6-8)15(20)17(14(10)19)13-4-3-9(18)7-12(13)16/h3-4,7-8,10-11,18H,2,5-6H2,1H3. The summed E-state index contributed by atoms with van der Waals surface area (Å²) in [7, 11) is 0. The highest BCUT2D eigenvalue weighted by Crippen LogP contribution is 2.46. The van der Waals surface area contributed by atoms with E-state index in [0.717, 1.165) is 17.4 Å². The monoisotopic (exact) mass is 277 g/mol. The van der Waals surface area contributed by atoms with Crippen LogP contribution in [0.3, 0.4) is 0 Å². The minimum atomic E-state index is -0.751. The molecule has 2 fully saturated rings. The van der Waals surface area contributed by atoms with E-state index in [1.165, 1.54) is 12.1 Å². The maximum absolute atomic E-state index is 13.9. The molecule has 2 unspecified atom stereocenters. The lowest BCUT2D eigenvalue weighted by Gasteiger charge is -2.18. The first-order valence-electron chi connectivity index (χ1n) is 6.89. The molecular weight excluding hydrogens is 261 g/mol. The van der Waals surface area contributed by atoms with Crippen LogP contribution < -0.4 is 4.90 Å². The summed E-state index contributed by atoms with van der Waals surface area (Å²) in [5.74, 6) is -1.79. The van der Waals surface area contributed by atoms with Gasteiger partial charge in [-0.05, 0) is 30.9 Å². The van der Waals surface area contributed by atoms with Crippen molar-refractivity contribution in [2.75, 3.05) is 4.90 Å². The van der Waals surface area contributed by atoms with Gasteiger partial charge in [-0.25, -0.2) is 9.29 Å². The van der Waals surface area contributed by atoms with E-state index < -0.39 is 5.82 Å². The van der Waals surface area contributed by atoms with Gasteiger partial charge >= 0.3 is 0 Å². The summed E-state index contributed by atoms with van der Waals surface area (Å²) < 4.78 is 13.9. The molecule has 4 nitrogen and oxygen atoms in total. The normalized spacial score (nSPS) is 29.1. The van der Waals surface area contributed by atoms with Gasteiger partial charge in [0.2, 0.25) is 11.8 Å². The summed E-state index contributed by atoms with van der Waals surface area (Å²) in [6.45, 7) is 2.05. The van der Waals surface area contributed by atoms with Gasteiger partial charge in [-0.3, -0.25) is 9.59 Å². The van der Waals surface area contributed by atoms with Crippen LogP contribution in [0.25, 0.3) is 0 Å². The Morgan fingerprint density at radius 1 is 1.25 bits per heavy atom. The third-order valence-electron chi connectivity index (χ3n) is 4.48. The molecule has 5 heteroatoms. The smallest absolute Gasteiger partial charge is 0.237 e. The molecule has 2 atom stereocenters. The summed E-state index contributed by atoms with van der Waals surface area (Å²) in [6.07, 6.45) is 2.38. The van der Waals surface area contributed by atoms with Crippen LogP contribution in [0, 0.1) is 23.6 Å². The number of aromatic hydroxyl groups is 1. The Bertz CT molecular complexity index is 562. The first-order chi connectivity index (χ1) is 9.52. The van der Waals surface area contributed by atoms with Gasteiger partial charge in [0.05, 0.1) is 17.5 Å². The van der Waals surface area contributed by atoms with Gasteiger partial charge < -0.3 is 5.11 Å². The van der Waals surface area contributed by atoms with Crippen molar-refractivity contribution in [3.8, 4) is 5.75 Å². The molecule has 1 saturated carbocycles. The molecule has 1 saturated heterocycles. The number of hydrogen-bond acceptors (Lipinski definition) is 3. The fourth-order valence-corrected chi connectivity index (χ4v) is 3.38. The zero-order valence-electron chi connectivity index (χ0n) is 11.2. The Morgan fingerprint density at radius 3 is 2.35 bits per heavy atom. The summed E-state index contributed by atoms with van der Waals surface area (Å²) in [4.78, 5) is 25.7. The van der Waals surface area contributed by atoms with Crippen LogP contribution in [0.4, 0.5) is 10.1 Å². The lowest BCUT2D eigenvalue weighted by Crippen LogP contribution is -2.32. The van der Waals surface area contributed by atoms with Gasteiger partial charge in [0.25, 0.3) is 0 Å². The minimum Gasteiger partial charge on any atom is -0.508 e. The third kappa shape index (κ3) is 1.80. The molecule has 2 aliphatic rings. The fraction of sp³-hybridized carbons (Fsp3) is 0.467. The van der Waals surface area contributed by atoms with Gasteiger partial charge in [0, 0.05) is 6.07 Å². The molecule has 1 heterocycles. The van der Waals surface area contributed by atoms with Crippen molar-refractivity contribution in [1.29, 1.82) is 0 Å². The van der Waals surface area contributed by atoms with Gasteiger partial charge in [-0.15, -0.1) is 0 Å². The SMILES string of the molecule is CCC1CC2C(=O)N(c3ccc(O)cc3F)C(=O)C2C1. The number of rotatable bonds is 2. The maximum atomic E-state index is 13.9. The zero-order valence-corrected chi connectivity index (χ0v) is 11.2. The second kappa shape index (κ2) is 4.58. The molecule has 20 heavy (non-hydrogen) atoms. The average Bonchev–Trinajstić information content (AvgIpc) is 2.93. The number of nitrogens with zero attached hydrogens (tertiary/aromatic N) is 1. The highest BCUT2D eigenvalue weighted by molar-refractivity contribution is 6.22. The zero-order chi connectivity index (χ0) is 14.4. The number of fused-ring (bicyclic) bond motifs is 1. The first-order valence-corrected chi connectivity index (χ1v) is 6.89. The van der Waals surface area contributed by atoms with E-state index >= 15 is 0 Å². The van der Waals surface area contributed by atoms with E-state index in [-0.39, 0.29) is 35.1 Å². The first kappa shape index (κ1) is 13.1. The fourth-order valence-electron chi connectivity index (χ4n) is 3.38. The molecule has 0 radical (unpaired) electrons. The van der Waals surface area contributed by atoms with E-state index in [9.17, 15) is 19.1 Å². The number of carbonyl (C=O) groups excluding carboxylic acids is 2. The molecule has 2 amide bonds. The summed E-state index contributed by atoms with van der Waals surface area (Å²) in [6, 6.07) is 3.47. The predicted molar refractivity (Wildman–Crippen MR) is 70.6 cm³/mol. The largest absolute Gasteiger partial charge is 0.508 e. The summed E-state index contributed by atoms with van der Waals surface area (Å²) in [5, 5.41) is 9.21. The molecule has 1 aromatic rings. The van der Waals surface area contributed by atoms with Crippen molar-refractivity contribution in [1.82, 2.24) is 0 Å². The van der Waals surface area contributed by atoms with Gasteiger partial charge in [-0.1, -0.05) is 13.3 Å². The molecule has 1 N–H and O–H groups in total. The number of hydrogen-bond donors (Lipinski definition) is 1. The number of imide groups is 1. The van der Waals surface area contributed by atoms with Gasteiger partial charge in [0.15, 0.2) is 5.82 Å². The molecule has 106 valence electrons. The number of halogens is 1. The second-order valence-corrected chi connectivity index (χ2v) is 5.61. The van der Waals surface area contributed by atoms with Crippen LogP contribution in [-0.2, 0) is 9.59 Å². The van der Waals surface area contributed by atoms with Crippen molar-refractivity contribution in [2.24, 2.45) is 17.8 Å². The van der Waals surface area contributed by atoms with E-state index in [2.05, 4.69) is 6.92 Å². The van der Waals surface area contributed by atoms with E-state index in [1.807, 2.05) is 0 Å². The molecule has 1 aliphatic carbocycles. The van der Waals surface area contributed by atoms with Crippen LogP contribution in [-0.4, -0.2) is 16.9 Å². The molecule has 1 aliphatic heterocycles. The van der Waals surface area contributed by atoms with Gasteiger partial charge in [0.1, 0.15) is 5.75 Å². The Morgan fingerprint density at radius 2 is 1.85 bits per heavy atom. The molecule has 1 aromatic carbocycles. The van der Waals surface area contributed by atoms with Crippen LogP contribution in [0.15, 0.2) is 18.2 Å². The molecule has 0 aromatic heterocycles. The maximum Gasteiger partial charge on any atom is 0.237 e. The van der Waals surface area contributed by atoms with Gasteiger partial charge in [-0.2, -0.15) is 0 Å². The number of benzene rings is 1. The van der Waals surface area contributed by atoms with Crippen LogP contribution in [0.2, 0.25) is 0 Å². The van der Waals surface area contributed by atoms with E-state index in [4.69, 9.17) is 0 Å².